The lowest BCUT2D eigenvalue weighted by Gasteiger charge is -2.48. The summed E-state index contributed by atoms with van der Waals surface area (Å²) in [5.41, 5.74) is 11.6. The molecule has 0 amide bonds. The lowest BCUT2D eigenvalue weighted by Crippen LogP contribution is -2.66. The molecule has 0 saturated carbocycles. The average molecular weight is 798 g/mol. The van der Waals surface area contributed by atoms with Crippen LogP contribution in [0, 0.1) is 0 Å². The first-order valence-corrected chi connectivity index (χ1v) is 18.4. The molecule has 4 aromatic rings. The third kappa shape index (κ3) is 10.4. The zero-order chi connectivity index (χ0) is 40.9. The molecule has 10 atom stereocenters. The van der Waals surface area contributed by atoms with E-state index < -0.39 is 85.9 Å². The molecule has 0 bridgehead atoms. The van der Waals surface area contributed by atoms with Gasteiger partial charge in [0, 0.05) is 12.0 Å². The summed E-state index contributed by atoms with van der Waals surface area (Å²) in [6.07, 6.45) is -13.2. The van der Waals surface area contributed by atoms with E-state index in [9.17, 15) is 25.0 Å². The summed E-state index contributed by atoms with van der Waals surface area (Å²) < 4.78 is 54.1. The number of aliphatic hydroxyl groups excluding tert-OH is 1. The molecule has 1 N–H and O–H groups in total. The van der Waals surface area contributed by atoms with Gasteiger partial charge in [0.1, 0.15) is 43.2 Å². The Morgan fingerprint density at radius 2 is 1.22 bits per heavy atom. The van der Waals surface area contributed by atoms with E-state index in [4.69, 9.17) is 42.6 Å². The third-order valence-electron chi connectivity index (χ3n) is 9.49. The summed E-state index contributed by atoms with van der Waals surface area (Å²) in [5, 5.41) is 15.6. The molecule has 16 nitrogen and oxygen atoms in total. The number of carbonyl (C=O) groups excluding carboxylic acids is 3. The Bertz CT molecular complexity index is 1970. The molecule has 2 fully saturated rings. The Morgan fingerprint density at radius 3 is 1.76 bits per heavy atom. The molecule has 4 aromatic carbocycles. The zero-order valence-corrected chi connectivity index (χ0v) is 31.6. The molecule has 304 valence electrons. The minimum Gasteiger partial charge on any atom is -0.467 e. The van der Waals surface area contributed by atoms with E-state index in [1.54, 1.807) is 72.8 Å². The normalized spacial score (nSPS) is 26.7. The fraction of sp³-hybridized carbons (Fsp3) is 0.357. The Labute approximate surface area is 334 Å². The van der Waals surface area contributed by atoms with E-state index in [0.29, 0.717) is 5.56 Å². The summed E-state index contributed by atoms with van der Waals surface area (Å²) in [7, 11) is 2.46. The summed E-state index contributed by atoms with van der Waals surface area (Å²) in [4.78, 5) is 43.1. The minimum absolute atomic E-state index is 0.0139. The second-order valence-corrected chi connectivity index (χ2v) is 13.2. The lowest BCUT2D eigenvalue weighted by molar-refractivity contribution is -0.347. The zero-order valence-electron chi connectivity index (χ0n) is 31.6. The van der Waals surface area contributed by atoms with Crippen molar-refractivity contribution in [3.8, 4) is 0 Å². The van der Waals surface area contributed by atoms with Crippen LogP contribution in [0.15, 0.2) is 126 Å². The van der Waals surface area contributed by atoms with Crippen molar-refractivity contribution in [2.24, 2.45) is 5.11 Å². The van der Waals surface area contributed by atoms with Crippen LogP contribution in [0.2, 0.25) is 0 Å². The van der Waals surface area contributed by atoms with Crippen LogP contribution in [0.3, 0.4) is 0 Å². The standard InChI is InChI=1S/C42H43N3O13/c1-50-40(49)36-32(46)35(53-24-27-17-9-4-10-18-27)37(56-39(48)29-21-13-6-14-22-29)42(58-36)57-33-30(25-54-38(47)28-19-11-5-12-20-28)55-41(51-2)31(44-45-43)34(33)52-23-26-15-7-3-8-16-26/h3-22,30-37,41-42,46H,23-25H2,1-2H3/t30?,31?,32-,33+,34+,35+,36?,37?,41-,42+/m0/s1. The summed E-state index contributed by atoms with van der Waals surface area (Å²) in [5.74, 6) is -2.47. The maximum atomic E-state index is 13.7. The number of aliphatic hydroxyl groups is 1. The summed E-state index contributed by atoms with van der Waals surface area (Å²) >= 11 is 0. The second kappa shape index (κ2) is 20.7. The van der Waals surface area contributed by atoms with Crippen molar-refractivity contribution < 1.29 is 62.1 Å². The Balaban J connectivity index is 1.41. The highest BCUT2D eigenvalue weighted by atomic mass is 16.8. The van der Waals surface area contributed by atoms with E-state index in [1.165, 1.54) is 19.2 Å². The fourth-order valence-electron chi connectivity index (χ4n) is 6.59. The number of carbonyl (C=O) groups is 3. The van der Waals surface area contributed by atoms with Gasteiger partial charge in [-0.15, -0.1) is 0 Å². The Kier molecular flexibility index (Phi) is 14.9. The van der Waals surface area contributed by atoms with Crippen molar-refractivity contribution in [3.63, 3.8) is 0 Å². The van der Waals surface area contributed by atoms with Crippen LogP contribution in [-0.4, -0.2) is 105 Å². The van der Waals surface area contributed by atoms with Crippen LogP contribution >= 0.6 is 0 Å². The quantitative estimate of drug-likeness (QED) is 0.0526. The van der Waals surface area contributed by atoms with Crippen LogP contribution < -0.4 is 0 Å². The van der Waals surface area contributed by atoms with Crippen molar-refractivity contribution in [3.05, 3.63) is 154 Å². The number of benzene rings is 4. The fourth-order valence-corrected chi connectivity index (χ4v) is 6.59. The minimum atomic E-state index is -1.73. The first-order chi connectivity index (χ1) is 28.3. The number of rotatable bonds is 16. The van der Waals surface area contributed by atoms with Crippen molar-refractivity contribution in [2.75, 3.05) is 20.8 Å². The van der Waals surface area contributed by atoms with Gasteiger partial charge >= 0.3 is 17.9 Å². The smallest absolute Gasteiger partial charge is 0.338 e. The highest BCUT2D eigenvalue weighted by Gasteiger charge is 2.56. The number of nitrogens with zero attached hydrogens (tertiary/aromatic N) is 3. The van der Waals surface area contributed by atoms with Gasteiger partial charge in [-0.25, -0.2) is 14.4 Å². The van der Waals surface area contributed by atoms with E-state index >= 15 is 0 Å². The first kappa shape index (κ1) is 41.9. The molecule has 6 rings (SSSR count). The largest absolute Gasteiger partial charge is 0.467 e. The maximum Gasteiger partial charge on any atom is 0.338 e. The molecule has 4 unspecified atom stereocenters. The molecule has 0 radical (unpaired) electrons. The van der Waals surface area contributed by atoms with Gasteiger partial charge in [0.05, 0.1) is 31.5 Å². The Hall–Kier alpha value is -5.68. The van der Waals surface area contributed by atoms with Gasteiger partial charge < -0.3 is 47.7 Å². The average Bonchev–Trinajstić information content (AvgIpc) is 3.27. The number of methoxy groups -OCH3 is 2. The van der Waals surface area contributed by atoms with Crippen LogP contribution in [0.4, 0.5) is 0 Å². The highest BCUT2D eigenvalue weighted by molar-refractivity contribution is 5.90. The van der Waals surface area contributed by atoms with Crippen molar-refractivity contribution in [1.29, 1.82) is 0 Å². The molecule has 2 saturated heterocycles. The molecule has 2 aliphatic heterocycles. The van der Waals surface area contributed by atoms with E-state index in [2.05, 4.69) is 10.0 Å². The number of esters is 3. The molecule has 0 spiro atoms. The van der Waals surface area contributed by atoms with E-state index in [0.717, 1.165) is 12.7 Å². The predicted octanol–water partition coefficient (Wildman–Crippen LogP) is 4.93. The predicted molar refractivity (Wildman–Crippen MR) is 203 cm³/mol. The van der Waals surface area contributed by atoms with Gasteiger partial charge in [0.15, 0.2) is 24.8 Å². The highest BCUT2D eigenvalue weighted by Crippen LogP contribution is 2.35. The van der Waals surface area contributed by atoms with Gasteiger partial charge in [0.2, 0.25) is 0 Å². The molecule has 0 aromatic heterocycles. The summed E-state index contributed by atoms with van der Waals surface area (Å²) in [6, 6.07) is 33.3. The SMILES string of the molecule is COC(=O)C1O[C@@H](O[C@@H]2C(COC(=O)c3ccccc3)O[C@H](OC)C(N=[N+]=[N-])[C@H]2OCc2ccccc2)C(OC(=O)c2ccccc2)[C@H](OCc2ccccc2)[C@@H]1O. The van der Waals surface area contributed by atoms with Gasteiger partial charge in [-0.2, -0.15) is 0 Å². The Morgan fingerprint density at radius 1 is 0.690 bits per heavy atom. The van der Waals surface area contributed by atoms with E-state index in [-0.39, 0.29) is 24.3 Å². The van der Waals surface area contributed by atoms with Gasteiger partial charge in [-0.05, 0) is 40.9 Å². The molecule has 2 aliphatic rings. The van der Waals surface area contributed by atoms with Crippen LogP contribution in [-0.2, 0) is 60.6 Å². The number of ether oxygens (including phenoxy) is 9. The topological polar surface area (TPSA) is 203 Å². The van der Waals surface area contributed by atoms with E-state index in [1.807, 2.05) is 36.4 Å². The molecular weight excluding hydrogens is 754 g/mol. The monoisotopic (exact) mass is 797 g/mol. The molecule has 0 aliphatic carbocycles. The van der Waals surface area contributed by atoms with Crippen molar-refractivity contribution in [2.45, 2.75) is 74.6 Å². The van der Waals surface area contributed by atoms with Crippen LogP contribution in [0.25, 0.3) is 10.4 Å². The molecule has 16 heteroatoms. The van der Waals surface area contributed by atoms with Gasteiger partial charge in [-0.1, -0.05) is 102 Å². The summed E-state index contributed by atoms with van der Waals surface area (Å²) in [6.45, 7) is -0.533. The maximum absolute atomic E-state index is 13.7. The van der Waals surface area contributed by atoms with Crippen molar-refractivity contribution in [1.82, 2.24) is 0 Å². The third-order valence-corrected chi connectivity index (χ3v) is 9.49. The number of hydrogen-bond acceptors (Lipinski definition) is 14. The second-order valence-electron chi connectivity index (χ2n) is 13.2. The number of hydrogen-bond donors (Lipinski definition) is 1. The number of azide groups is 1. The van der Waals surface area contributed by atoms with Crippen LogP contribution in [0.1, 0.15) is 31.8 Å². The van der Waals surface area contributed by atoms with Gasteiger partial charge in [0.25, 0.3) is 0 Å². The van der Waals surface area contributed by atoms with Gasteiger partial charge in [-0.3, -0.25) is 0 Å². The first-order valence-electron chi connectivity index (χ1n) is 18.4. The van der Waals surface area contributed by atoms with Crippen LogP contribution in [0.5, 0.6) is 0 Å². The lowest BCUT2D eigenvalue weighted by atomic mass is 9.95. The molecule has 2 heterocycles. The van der Waals surface area contributed by atoms with Crippen molar-refractivity contribution >= 4 is 17.9 Å². The molecular formula is C42H43N3O13. The molecule has 58 heavy (non-hydrogen) atoms.